The molecule has 0 saturated carbocycles. The highest BCUT2D eigenvalue weighted by molar-refractivity contribution is 6.31. The van der Waals surface area contributed by atoms with Gasteiger partial charge in [-0.15, -0.1) is 0 Å². The Balaban J connectivity index is 1.69. The number of benzene rings is 2. The minimum Gasteiger partial charge on any atom is -0.381 e. The molecule has 2 aliphatic rings. The number of Topliss-reactive ketones (excluding diaryl/α,β-unsaturated/α-hetero) is 2. The van der Waals surface area contributed by atoms with Gasteiger partial charge >= 0.3 is 0 Å². The van der Waals surface area contributed by atoms with Gasteiger partial charge in [0.15, 0.2) is 11.6 Å². The van der Waals surface area contributed by atoms with Gasteiger partial charge in [-0.2, -0.15) is 0 Å². The van der Waals surface area contributed by atoms with Gasteiger partial charge in [0.25, 0.3) is 0 Å². The van der Waals surface area contributed by atoms with Crippen molar-refractivity contribution in [2.45, 2.75) is 86.0 Å². The minimum absolute atomic E-state index is 0.0788. The lowest BCUT2D eigenvalue weighted by Crippen LogP contribution is -2.24. The van der Waals surface area contributed by atoms with E-state index in [1.165, 1.54) is 16.7 Å². The van der Waals surface area contributed by atoms with Crippen LogP contribution in [-0.4, -0.2) is 18.1 Å². The van der Waals surface area contributed by atoms with Crippen LogP contribution in [-0.2, 0) is 12.8 Å². The van der Waals surface area contributed by atoms with Gasteiger partial charge in [0.2, 0.25) is 0 Å². The largest absolute Gasteiger partial charge is 0.381 e. The van der Waals surface area contributed by atoms with Gasteiger partial charge in [-0.3, -0.25) is 9.59 Å². The van der Waals surface area contributed by atoms with E-state index in [0.29, 0.717) is 52.5 Å². The number of nitrogens with one attached hydrogen (secondary N) is 2. The average Bonchev–Trinajstić information content (AvgIpc) is 3.27. The van der Waals surface area contributed by atoms with Gasteiger partial charge in [-0.1, -0.05) is 108 Å². The quantitative estimate of drug-likeness (QED) is 0.220. The standard InChI is InChI=1S/C39H48N2O2/c1-6-9-15-28(25-27(4)5)17-14-24-40-34-22-23-35(41-33-21-20-29(16-10-7-2)26-30(33)8-3)37-36(34)38(42)31-18-12-11-13-19-32(31)39(37)43/h11-14,17,19-23,25-27,40-41H,6-10,15-16,18,24H2,1-5H3/b17-14-,28-25-. The fourth-order valence-electron chi connectivity index (χ4n) is 5.82. The molecule has 226 valence electrons. The Hall–Kier alpha value is -3.92. The number of allylic oxidation sites excluding steroid dienone is 9. The lowest BCUT2D eigenvalue weighted by molar-refractivity contribution is 0.0977. The Morgan fingerprint density at radius 2 is 1.65 bits per heavy atom. The molecule has 0 unspecified atom stereocenters. The molecule has 0 aromatic heterocycles. The molecule has 0 saturated heterocycles. The molecule has 4 nitrogen and oxygen atoms in total. The smallest absolute Gasteiger partial charge is 0.196 e. The van der Waals surface area contributed by atoms with E-state index >= 15 is 0 Å². The Bertz CT molecular complexity index is 1480. The molecule has 0 bridgehead atoms. The lowest BCUT2D eigenvalue weighted by atomic mass is 9.81. The lowest BCUT2D eigenvalue weighted by Gasteiger charge is -2.25. The first-order valence-electron chi connectivity index (χ1n) is 16.2. The molecule has 2 N–H and O–H groups in total. The predicted molar refractivity (Wildman–Crippen MR) is 183 cm³/mol. The number of hydrogen-bond acceptors (Lipinski definition) is 4. The van der Waals surface area contributed by atoms with Gasteiger partial charge in [-0.05, 0) is 73.8 Å². The molecule has 2 aliphatic carbocycles. The summed E-state index contributed by atoms with van der Waals surface area (Å²) in [5.41, 5.74) is 8.19. The SMILES string of the molecule is CCCCC(/C=C\CNc1ccc(Nc2ccc(CCCC)cc2CC)c2c1C(=O)C1=C(C=CC=CC1)C2=O)=C/C(C)C. The van der Waals surface area contributed by atoms with Crippen LogP contribution >= 0.6 is 0 Å². The third-order valence-corrected chi connectivity index (χ3v) is 8.08. The van der Waals surface area contributed by atoms with E-state index in [0.717, 1.165) is 50.6 Å². The number of carbonyl (C=O) groups is 2. The van der Waals surface area contributed by atoms with Crippen molar-refractivity contribution < 1.29 is 9.59 Å². The molecule has 0 spiro atoms. The summed E-state index contributed by atoms with van der Waals surface area (Å²) in [6.45, 7) is 11.5. The minimum atomic E-state index is -0.106. The topological polar surface area (TPSA) is 58.2 Å². The fourth-order valence-corrected chi connectivity index (χ4v) is 5.82. The Kier molecular flexibility index (Phi) is 11.6. The van der Waals surface area contributed by atoms with Crippen molar-refractivity contribution in [1.82, 2.24) is 0 Å². The molecular formula is C39H48N2O2. The van der Waals surface area contributed by atoms with Crippen LogP contribution in [0.5, 0.6) is 0 Å². The van der Waals surface area contributed by atoms with Crippen LogP contribution in [0.3, 0.4) is 0 Å². The third kappa shape index (κ3) is 7.93. The molecule has 0 atom stereocenters. The van der Waals surface area contributed by atoms with Gasteiger partial charge in [0, 0.05) is 29.1 Å². The Morgan fingerprint density at radius 3 is 2.40 bits per heavy atom. The molecule has 43 heavy (non-hydrogen) atoms. The molecule has 0 aliphatic heterocycles. The van der Waals surface area contributed by atoms with E-state index in [1.54, 1.807) is 6.08 Å². The molecule has 4 rings (SSSR count). The molecule has 0 amide bonds. The van der Waals surface area contributed by atoms with Gasteiger partial charge in [0.05, 0.1) is 16.8 Å². The summed E-state index contributed by atoms with van der Waals surface area (Å²) < 4.78 is 0. The van der Waals surface area contributed by atoms with Crippen molar-refractivity contribution in [1.29, 1.82) is 0 Å². The highest BCUT2D eigenvalue weighted by Gasteiger charge is 2.35. The fraction of sp³-hybridized carbons (Fsp3) is 0.385. The summed E-state index contributed by atoms with van der Waals surface area (Å²) in [6.07, 6.45) is 22.2. The molecular weight excluding hydrogens is 528 g/mol. The van der Waals surface area contributed by atoms with Gasteiger partial charge < -0.3 is 10.6 Å². The first-order valence-corrected chi connectivity index (χ1v) is 16.2. The first-order chi connectivity index (χ1) is 20.9. The maximum Gasteiger partial charge on any atom is 0.196 e. The molecule has 2 aromatic carbocycles. The number of hydrogen-bond donors (Lipinski definition) is 2. The van der Waals surface area contributed by atoms with Crippen molar-refractivity contribution in [3.63, 3.8) is 0 Å². The van der Waals surface area contributed by atoms with E-state index in [1.807, 2.05) is 30.4 Å². The highest BCUT2D eigenvalue weighted by Crippen LogP contribution is 2.39. The second-order valence-electron chi connectivity index (χ2n) is 11.9. The van der Waals surface area contributed by atoms with Crippen LogP contribution in [0.2, 0.25) is 0 Å². The zero-order chi connectivity index (χ0) is 30.8. The second-order valence-corrected chi connectivity index (χ2v) is 11.9. The summed E-state index contributed by atoms with van der Waals surface area (Å²) in [4.78, 5) is 28.1. The average molecular weight is 577 g/mol. The van der Waals surface area contributed by atoms with Crippen LogP contribution in [0.15, 0.2) is 89.6 Å². The van der Waals surface area contributed by atoms with Crippen molar-refractivity contribution >= 4 is 28.6 Å². The van der Waals surface area contributed by atoms with Crippen LogP contribution in [0.1, 0.15) is 105 Å². The van der Waals surface area contributed by atoms with E-state index in [2.05, 4.69) is 81.7 Å². The number of ketones is 2. The highest BCUT2D eigenvalue weighted by atomic mass is 16.1. The molecule has 0 radical (unpaired) electrons. The zero-order valence-electron chi connectivity index (χ0n) is 26.7. The zero-order valence-corrected chi connectivity index (χ0v) is 26.7. The third-order valence-electron chi connectivity index (χ3n) is 8.08. The van der Waals surface area contributed by atoms with Gasteiger partial charge in [-0.25, -0.2) is 0 Å². The van der Waals surface area contributed by atoms with Crippen LogP contribution < -0.4 is 10.6 Å². The number of unbranched alkanes of at least 4 members (excludes halogenated alkanes) is 2. The summed E-state index contributed by atoms with van der Waals surface area (Å²) in [7, 11) is 0. The van der Waals surface area contributed by atoms with E-state index in [9.17, 15) is 9.59 Å². The monoisotopic (exact) mass is 576 g/mol. The summed E-state index contributed by atoms with van der Waals surface area (Å²) in [6, 6.07) is 10.4. The number of aryl methyl sites for hydroxylation is 2. The second kappa shape index (κ2) is 15.5. The van der Waals surface area contributed by atoms with E-state index in [4.69, 9.17) is 0 Å². The molecule has 0 fully saturated rings. The van der Waals surface area contributed by atoms with Crippen LogP contribution in [0, 0.1) is 5.92 Å². The first kappa shape index (κ1) is 32.0. The molecule has 0 heterocycles. The number of anilines is 3. The number of rotatable bonds is 14. The maximum absolute atomic E-state index is 14.1. The number of carbonyl (C=O) groups excluding carboxylic acids is 2. The van der Waals surface area contributed by atoms with Crippen molar-refractivity contribution in [3.8, 4) is 0 Å². The normalized spacial score (nSPS) is 14.9. The predicted octanol–water partition coefficient (Wildman–Crippen LogP) is 10.3. The molecule has 2 aromatic rings. The molecule has 4 heteroatoms. The number of fused-ring (bicyclic) bond motifs is 1. The van der Waals surface area contributed by atoms with Crippen LogP contribution in [0.4, 0.5) is 17.1 Å². The maximum atomic E-state index is 14.1. The summed E-state index contributed by atoms with van der Waals surface area (Å²) in [5.74, 6) is 0.307. The summed E-state index contributed by atoms with van der Waals surface area (Å²) >= 11 is 0. The van der Waals surface area contributed by atoms with Gasteiger partial charge in [0.1, 0.15) is 0 Å². The van der Waals surface area contributed by atoms with Crippen molar-refractivity contribution in [2.24, 2.45) is 5.92 Å². The Labute approximate surface area is 258 Å². The summed E-state index contributed by atoms with van der Waals surface area (Å²) in [5, 5.41) is 7.03. The Morgan fingerprint density at radius 1 is 0.907 bits per heavy atom. The van der Waals surface area contributed by atoms with E-state index in [-0.39, 0.29) is 11.6 Å². The van der Waals surface area contributed by atoms with Crippen molar-refractivity contribution in [3.05, 3.63) is 112 Å². The van der Waals surface area contributed by atoms with Crippen molar-refractivity contribution in [2.75, 3.05) is 17.2 Å². The van der Waals surface area contributed by atoms with E-state index < -0.39 is 0 Å². The van der Waals surface area contributed by atoms with Crippen LogP contribution in [0.25, 0.3) is 0 Å².